The number of aryl methyl sites for hydroxylation is 1. The molecule has 2 amide bonds. The van der Waals surface area contributed by atoms with Crippen molar-refractivity contribution in [3.05, 3.63) is 74.5 Å². The summed E-state index contributed by atoms with van der Waals surface area (Å²) in [5.41, 5.74) is 3.39. The molecule has 2 aliphatic rings. The number of amides is 2. The zero-order valence-electron chi connectivity index (χ0n) is 18.1. The van der Waals surface area contributed by atoms with Crippen LogP contribution in [0.5, 0.6) is 0 Å². The van der Waals surface area contributed by atoms with Crippen molar-refractivity contribution in [3.8, 4) is 0 Å². The lowest BCUT2D eigenvalue weighted by atomic mass is 9.91. The van der Waals surface area contributed by atoms with E-state index < -0.39 is 42.0 Å². The van der Waals surface area contributed by atoms with E-state index in [2.05, 4.69) is 16.1 Å². The van der Waals surface area contributed by atoms with Gasteiger partial charge < -0.3 is 15.5 Å². The van der Waals surface area contributed by atoms with Crippen molar-refractivity contribution in [1.82, 2.24) is 16.1 Å². The van der Waals surface area contributed by atoms with Crippen LogP contribution in [0.2, 0.25) is 10.0 Å². The Balaban J connectivity index is 1.57. The fraction of sp³-hybridized carbons (Fsp3) is 0.304. The first-order valence-corrected chi connectivity index (χ1v) is 11.2. The molecule has 12 heteroatoms. The average Bonchev–Trinajstić information content (AvgIpc) is 3.26. The first kappa shape index (κ1) is 25.3. The summed E-state index contributed by atoms with van der Waals surface area (Å²) in [6.07, 6.45) is -5.59. The molecule has 0 aromatic heterocycles. The first-order chi connectivity index (χ1) is 16.4. The molecule has 2 aromatic rings. The maximum Gasteiger partial charge on any atom is 0.451 e. The fourth-order valence-electron chi connectivity index (χ4n) is 3.76. The summed E-state index contributed by atoms with van der Waals surface area (Å²) in [5, 5.41) is 5.21. The Morgan fingerprint density at radius 1 is 1.14 bits per heavy atom. The van der Waals surface area contributed by atoms with Crippen LogP contribution in [0.1, 0.15) is 39.5 Å². The van der Waals surface area contributed by atoms with Crippen LogP contribution in [0.3, 0.4) is 0 Å². The third-order valence-corrected chi connectivity index (χ3v) is 5.98. The van der Waals surface area contributed by atoms with Crippen molar-refractivity contribution in [2.75, 3.05) is 6.54 Å². The minimum Gasteiger partial charge on any atom is -0.402 e. The van der Waals surface area contributed by atoms with Crippen LogP contribution in [0, 0.1) is 6.92 Å². The second-order valence-corrected chi connectivity index (χ2v) is 9.11. The van der Waals surface area contributed by atoms with Crippen LogP contribution >= 0.6 is 23.2 Å². The van der Waals surface area contributed by atoms with E-state index in [1.54, 1.807) is 13.0 Å². The van der Waals surface area contributed by atoms with Gasteiger partial charge in [0.2, 0.25) is 11.7 Å². The van der Waals surface area contributed by atoms with Crippen molar-refractivity contribution in [2.24, 2.45) is 0 Å². The van der Waals surface area contributed by atoms with E-state index in [4.69, 9.17) is 28.0 Å². The lowest BCUT2D eigenvalue weighted by Gasteiger charge is -2.17. The lowest BCUT2D eigenvalue weighted by Crippen LogP contribution is -2.38. The molecule has 186 valence electrons. The van der Waals surface area contributed by atoms with E-state index in [-0.39, 0.29) is 39.7 Å². The molecular formula is C23H19Cl2F4N3O3. The van der Waals surface area contributed by atoms with Gasteiger partial charge >= 0.3 is 6.18 Å². The summed E-state index contributed by atoms with van der Waals surface area (Å²) in [5.74, 6) is -2.29. The number of alkyl halides is 4. The Morgan fingerprint density at radius 2 is 1.80 bits per heavy atom. The minimum atomic E-state index is -4.79. The van der Waals surface area contributed by atoms with Crippen molar-refractivity contribution in [1.29, 1.82) is 0 Å². The average molecular weight is 532 g/mol. The van der Waals surface area contributed by atoms with E-state index in [0.29, 0.717) is 11.1 Å². The number of hydrogen-bond donors (Lipinski definition) is 3. The summed E-state index contributed by atoms with van der Waals surface area (Å²) in [6, 6.07) is 7.01. The Morgan fingerprint density at radius 3 is 2.37 bits per heavy atom. The summed E-state index contributed by atoms with van der Waals surface area (Å²) in [4.78, 5) is 29.1. The molecule has 0 bridgehead atoms. The summed E-state index contributed by atoms with van der Waals surface area (Å²) < 4.78 is 54.0. The van der Waals surface area contributed by atoms with Crippen LogP contribution < -0.4 is 16.1 Å². The van der Waals surface area contributed by atoms with Crippen molar-refractivity contribution in [3.63, 3.8) is 0 Å². The zero-order chi connectivity index (χ0) is 25.5. The van der Waals surface area contributed by atoms with Gasteiger partial charge in [-0.3, -0.25) is 9.59 Å². The Hall–Kier alpha value is -2.82. The topological polar surface area (TPSA) is 79.5 Å². The van der Waals surface area contributed by atoms with Gasteiger partial charge in [0.1, 0.15) is 6.17 Å². The molecule has 3 atom stereocenters. The van der Waals surface area contributed by atoms with Gasteiger partial charge in [-0.2, -0.15) is 13.2 Å². The van der Waals surface area contributed by atoms with Crippen LogP contribution in [-0.4, -0.2) is 36.7 Å². The monoisotopic (exact) mass is 531 g/mol. The Bertz CT molecular complexity index is 1200. The smallest absolute Gasteiger partial charge is 0.402 e. The molecule has 3 N–H and O–H groups in total. The van der Waals surface area contributed by atoms with Crippen LogP contribution in [0.4, 0.5) is 17.6 Å². The highest BCUT2D eigenvalue weighted by atomic mass is 35.5. The van der Waals surface area contributed by atoms with Gasteiger partial charge in [0.05, 0.1) is 18.6 Å². The number of rotatable bonds is 6. The Labute approximate surface area is 207 Å². The molecule has 0 saturated heterocycles. The number of hydrogen-bond acceptors (Lipinski definition) is 4. The zero-order valence-corrected chi connectivity index (χ0v) is 19.6. The number of hydroxylamine groups is 1. The first-order valence-electron chi connectivity index (χ1n) is 10.5. The third kappa shape index (κ3) is 5.71. The summed E-state index contributed by atoms with van der Waals surface area (Å²) in [6.45, 7) is 1.27. The molecule has 3 unspecified atom stereocenters. The van der Waals surface area contributed by atoms with Gasteiger partial charge in [0.25, 0.3) is 5.91 Å². The number of benzene rings is 2. The molecule has 1 saturated carbocycles. The molecule has 0 spiro atoms. The second kappa shape index (κ2) is 9.67. The molecule has 4 rings (SSSR count). The molecule has 1 heterocycles. The molecule has 1 fully saturated rings. The highest BCUT2D eigenvalue weighted by Crippen LogP contribution is 2.45. The number of nitrogens with one attached hydrogen (secondary N) is 3. The van der Waals surface area contributed by atoms with Crippen molar-refractivity contribution in [2.45, 2.75) is 37.8 Å². The Kier molecular flexibility index (Phi) is 6.99. The van der Waals surface area contributed by atoms with Gasteiger partial charge in [0.15, 0.2) is 0 Å². The summed E-state index contributed by atoms with van der Waals surface area (Å²) in [7, 11) is 0. The normalized spacial score (nSPS) is 21.5. The number of carbonyl (C=O) groups excluding carboxylic acids is 2. The third-order valence-electron chi connectivity index (χ3n) is 5.54. The SMILES string of the molecule is Cc1cc(C2NOC(C(F)(F)F)=C2c2cc(Cl)cc(Cl)c2)ccc1C(=O)NCC(=O)NC1CC1F. The quantitative estimate of drug-likeness (QED) is 0.467. The lowest BCUT2D eigenvalue weighted by molar-refractivity contribution is -0.136. The summed E-state index contributed by atoms with van der Waals surface area (Å²) >= 11 is 12.0. The van der Waals surface area contributed by atoms with Crippen LogP contribution in [0.25, 0.3) is 5.57 Å². The highest BCUT2D eigenvalue weighted by Gasteiger charge is 2.46. The molecule has 1 aliphatic carbocycles. The van der Waals surface area contributed by atoms with Crippen molar-refractivity contribution < 1.29 is 32.0 Å². The van der Waals surface area contributed by atoms with E-state index in [1.807, 2.05) is 0 Å². The molecular weight excluding hydrogens is 513 g/mol. The van der Waals surface area contributed by atoms with Gasteiger partial charge in [-0.05, 0) is 47.9 Å². The van der Waals surface area contributed by atoms with E-state index in [0.717, 1.165) is 0 Å². The fourth-order valence-corrected chi connectivity index (χ4v) is 4.29. The number of carbonyl (C=O) groups is 2. The number of halogens is 6. The van der Waals surface area contributed by atoms with Crippen LogP contribution in [-0.2, 0) is 9.63 Å². The molecule has 2 aromatic carbocycles. The molecule has 1 aliphatic heterocycles. The second-order valence-electron chi connectivity index (χ2n) is 8.23. The van der Waals surface area contributed by atoms with Gasteiger partial charge in [-0.1, -0.05) is 35.3 Å². The predicted molar refractivity (Wildman–Crippen MR) is 121 cm³/mol. The van der Waals surface area contributed by atoms with Crippen molar-refractivity contribution >= 4 is 40.6 Å². The van der Waals surface area contributed by atoms with Crippen LogP contribution in [0.15, 0.2) is 42.2 Å². The molecule has 6 nitrogen and oxygen atoms in total. The predicted octanol–water partition coefficient (Wildman–Crippen LogP) is 4.81. The maximum absolute atomic E-state index is 13.7. The van der Waals surface area contributed by atoms with Gasteiger partial charge in [-0.25, -0.2) is 4.39 Å². The maximum atomic E-state index is 13.7. The molecule has 0 radical (unpaired) electrons. The minimum absolute atomic E-state index is 0.126. The number of allylic oxidation sites excluding steroid dienone is 1. The van der Waals surface area contributed by atoms with E-state index in [1.165, 1.54) is 30.3 Å². The van der Waals surface area contributed by atoms with Gasteiger partial charge in [0, 0.05) is 27.6 Å². The largest absolute Gasteiger partial charge is 0.451 e. The van der Waals surface area contributed by atoms with Gasteiger partial charge in [-0.15, -0.1) is 5.48 Å². The van der Waals surface area contributed by atoms with E-state index in [9.17, 15) is 27.2 Å². The van der Waals surface area contributed by atoms with E-state index >= 15 is 0 Å². The molecule has 35 heavy (non-hydrogen) atoms. The highest BCUT2D eigenvalue weighted by molar-refractivity contribution is 6.34. The standard InChI is InChI=1S/C23H19Cl2F4N3O3/c1-10-4-11(2-3-15(10)22(34)30-9-18(33)31-17-8-16(17)26)20-19(21(35-32-20)23(27,28)29)12-5-13(24)7-14(25)6-12/h2-7,16-17,20,32H,8-9H2,1H3,(H,30,34)(H,31,33).